The largest absolute Gasteiger partial charge is 0.375 e. The van der Waals surface area contributed by atoms with Gasteiger partial charge in [-0.05, 0) is 6.42 Å². The molecule has 0 radical (unpaired) electrons. The van der Waals surface area contributed by atoms with Crippen LogP contribution in [-0.2, 0) is 14.3 Å². The van der Waals surface area contributed by atoms with Crippen LogP contribution in [0.15, 0.2) is 0 Å². The molecule has 2 amide bonds. The maximum absolute atomic E-state index is 11.4. The second-order valence-corrected chi connectivity index (χ2v) is 3.42. The maximum atomic E-state index is 11.4. The first-order valence-electron chi connectivity index (χ1n) is 4.66. The minimum Gasteiger partial charge on any atom is -0.375 e. The quantitative estimate of drug-likeness (QED) is 0.593. The highest BCUT2D eigenvalue weighted by atomic mass is 16.5. The van der Waals surface area contributed by atoms with E-state index in [1.165, 1.54) is 7.11 Å². The molecule has 5 nitrogen and oxygen atoms in total. The molecule has 0 aromatic heterocycles. The number of hydrogen-bond donors (Lipinski definition) is 0. The maximum Gasteiger partial charge on any atom is 0.249 e. The van der Waals surface area contributed by atoms with Crippen LogP contribution in [0.4, 0.5) is 0 Å². The van der Waals surface area contributed by atoms with Crippen molar-refractivity contribution in [3.05, 3.63) is 0 Å². The molecule has 1 saturated heterocycles. The Morgan fingerprint density at radius 2 is 2.21 bits per heavy atom. The van der Waals surface area contributed by atoms with Gasteiger partial charge in [-0.25, -0.2) is 0 Å². The van der Waals surface area contributed by atoms with Crippen molar-refractivity contribution < 1.29 is 14.3 Å². The summed E-state index contributed by atoms with van der Waals surface area (Å²) >= 11 is 0. The molecular formula is C9H16N2O3. The van der Waals surface area contributed by atoms with Gasteiger partial charge in [-0.15, -0.1) is 0 Å². The molecule has 0 aromatic carbocycles. The average molecular weight is 200 g/mol. The van der Waals surface area contributed by atoms with Crippen LogP contribution in [0.25, 0.3) is 0 Å². The molecule has 0 spiro atoms. The van der Waals surface area contributed by atoms with E-state index in [4.69, 9.17) is 4.74 Å². The molecule has 0 atom stereocenters. The summed E-state index contributed by atoms with van der Waals surface area (Å²) in [7, 11) is 3.23. The molecule has 0 saturated carbocycles. The summed E-state index contributed by atoms with van der Waals surface area (Å²) in [5.41, 5.74) is 0. The summed E-state index contributed by atoms with van der Waals surface area (Å²) in [4.78, 5) is 26.1. The second-order valence-electron chi connectivity index (χ2n) is 3.42. The van der Waals surface area contributed by atoms with E-state index in [9.17, 15) is 9.59 Å². The normalized spacial score (nSPS) is 18.3. The number of amides is 2. The molecule has 1 aliphatic heterocycles. The Kier molecular flexibility index (Phi) is 3.88. The molecule has 1 aliphatic rings. The number of methoxy groups -OCH3 is 1. The Balaban J connectivity index is 2.54. The standard InChI is InChI=1S/C9H16N2O3/c1-10-4-3-5-11(6-8(10)12)9(13)7-14-2/h3-7H2,1-2H3. The van der Waals surface area contributed by atoms with Crippen molar-refractivity contribution in [2.75, 3.05) is 40.4 Å². The molecule has 1 rings (SSSR count). The van der Waals surface area contributed by atoms with Crippen LogP contribution < -0.4 is 0 Å². The minimum atomic E-state index is -0.115. The van der Waals surface area contributed by atoms with Crippen LogP contribution >= 0.6 is 0 Å². The molecule has 0 N–H and O–H groups in total. The first kappa shape index (κ1) is 11.0. The zero-order chi connectivity index (χ0) is 10.6. The van der Waals surface area contributed by atoms with Crippen molar-refractivity contribution in [1.29, 1.82) is 0 Å². The van der Waals surface area contributed by atoms with Crippen molar-refractivity contribution >= 4 is 11.8 Å². The number of hydrogen-bond acceptors (Lipinski definition) is 3. The first-order valence-corrected chi connectivity index (χ1v) is 4.66. The van der Waals surface area contributed by atoms with Crippen LogP contribution in [0, 0.1) is 0 Å². The topological polar surface area (TPSA) is 49.9 Å². The van der Waals surface area contributed by atoms with Crippen molar-refractivity contribution in [2.45, 2.75) is 6.42 Å². The highest BCUT2D eigenvalue weighted by Gasteiger charge is 2.22. The number of ether oxygens (including phenoxy) is 1. The van der Waals surface area contributed by atoms with E-state index in [1.54, 1.807) is 16.8 Å². The molecule has 1 fully saturated rings. The van der Waals surface area contributed by atoms with Crippen molar-refractivity contribution in [3.63, 3.8) is 0 Å². The first-order chi connectivity index (χ1) is 6.65. The third-order valence-corrected chi connectivity index (χ3v) is 2.29. The summed E-state index contributed by atoms with van der Waals surface area (Å²) in [5, 5.41) is 0. The Hall–Kier alpha value is -1.10. The van der Waals surface area contributed by atoms with E-state index in [-0.39, 0.29) is 25.0 Å². The molecule has 0 aromatic rings. The van der Waals surface area contributed by atoms with Crippen molar-refractivity contribution in [2.24, 2.45) is 0 Å². The average Bonchev–Trinajstić information content (AvgIpc) is 2.30. The van der Waals surface area contributed by atoms with E-state index < -0.39 is 0 Å². The smallest absolute Gasteiger partial charge is 0.249 e. The summed E-state index contributed by atoms with van der Waals surface area (Å²) in [6.07, 6.45) is 0.831. The van der Waals surface area contributed by atoms with Crippen molar-refractivity contribution in [3.8, 4) is 0 Å². The van der Waals surface area contributed by atoms with Crippen LogP contribution in [0.5, 0.6) is 0 Å². The molecule has 1 heterocycles. The lowest BCUT2D eigenvalue weighted by atomic mass is 10.4. The van der Waals surface area contributed by atoms with Gasteiger partial charge in [0.2, 0.25) is 11.8 Å². The molecule has 80 valence electrons. The van der Waals surface area contributed by atoms with E-state index in [1.807, 2.05) is 0 Å². The monoisotopic (exact) mass is 200 g/mol. The van der Waals surface area contributed by atoms with Gasteiger partial charge < -0.3 is 14.5 Å². The van der Waals surface area contributed by atoms with Crippen molar-refractivity contribution in [1.82, 2.24) is 9.80 Å². The fourth-order valence-corrected chi connectivity index (χ4v) is 1.41. The van der Waals surface area contributed by atoms with E-state index in [0.717, 1.165) is 13.0 Å². The molecule has 14 heavy (non-hydrogen) atoms. The number of carbonyl (C=O) groups is 2. The molecule has 0 bridgehead atoms. The number of carbonyl (C=O) groups excluding carboxylic acids is 2. The number of rotatable bonds is 2. The minimum absolute atomic E-state index is 0.00745. The zero-order valence-electron chi connectivity index (χ0n) is 8.65. The summed E-state index contributed by atoms with van der Waals surface area (Å²) in [6.45, 7) is 1.59. The lowest BCUT2D eigenvalue weighted by Crippen LogP contribution is -2.39. The SMILES string of the molecule is COCC(=O)N1CCCN(C)C(=O)C1. The van der Waals surface area contributed by atoms with Crippen LogP contribution in [-0.4, -0.2) is 62.0 Å². The van der Waals surface area contributed by atoms with Crippen LogP contribution in [0.1, 0.15) is 6.42 Å². The summed E-state index contributed by atoms with van der Waals surface area (Å²) in [5.74, 6) is -0.122. The van der Waals surface area contributed by atoms with Crippen LogP contribution in [0.2, 0.25) is 0 Å². The predicted molar refractivity (Wildman–Crippen MR) is 50.7 cm³/mol. The molecule has 0 aliphatic carbocycles. The van der Waals surface area contributed by atoms with E-state index in [0.29, 0.717) is 6.54 Å². The molecular weight excluding hydrogens is 184 g/mol. The highest BCUT2D eigenvalue weighted by Crippen LogP contribution is 2.02. The highest BCUT2D eigenvalue weighted by molar-refractivity contribution is 5.85. The van der Waals surface area contributed by atoms with Gasteiger partial charge in [0.1, 0.15) is 6.61 Å². The van der Waals surface area contributed by atoms with Crippen LogP contribution in [0.3, 0.4) is 0 Å². The molecule has 5 heteroatoms. The van der Waals surface area contributed by atoms with Gasteiger partial charge in [-0.2, -0.15) is 0 Å². The van der Waals surface area contributed by atoms with E-state index >= 15 is 0 Å². The fourth-order valence-electron chi connectivity index (χ4n) is 1.41. The van der Waals surface area contributed by atoms with Gasteiger partial charge in [0.25, 0.3) is 0 Å². The van der Waals surface area contributed by atoms with Gasteiger partial charge in [0, 0.05) is 27.2 Å². The number of nitrogens with zero attached hydrogens (tertiary/aromatic N) is 2. The Labute approximate surface area is 83.6 Å². The lowest BCUT2D eigenvalue weighted by Gasteiger charge is -2.19. The summed E-state index contributed by atoms with van der Waals surface area (Å²) < 4.78 is 4.74. The number of likely N-dealkylation sites (N-methyl/N-ethyl adjacent to an activating group) is 1. The Bertz CT molecular complexity index is 230. The lowest BCUT2D eigenvalue weighted by molar-refractivity contribution is -0.140. The molecule has 0 unspecified atom stereocenters. The second kappa shape index (κ2) is 4.95. The van der Waals surface area contributed by atoms with Gasteiger partial charge in [-0.3, -0.25) is 9.59 Å². The Morgan fingerprint density at radius 1 is 1.50 bits per heavy atom. The van der Waals surface area contributed by atoms with Gasteiger partial charge in [-0.1, -0.05) is 0 Å². The third-order valence-electron chi connectivity index (χ3n) is 2.29. The third kappa shape index (κ3) is 2.70. The Morgan fingerprint density at radius 3 is 2.86 bits per heavy atom. The summed E-state index contributed by atoms with van der Waals surface area (Å²) in [6, 6.07) is 0. The van der Waals surface area contributed by atoms with Gasteiger partial charge >= 0.3 is 0 Å². The zero-order valence-corrected chi connectivity index (χ0v) is 8.65. The van der Waals surface area contributed by atoms with Gasteiger partial charge in [0.05, 0.1) is 6.54 Å². The fraction of sp³-hybridized carbons (Fsp3) is 0.778. The van der Waals surface area contributed by atoms with Gasteiger partial charge in [0.15, 0.2) is 0 Å². The van der Waals surface area contributed by atoms with E-state index in [2.05, 4.69) is 0 Å². The predicted octanol–water partition coefficient (Wildman–Crippen LogP) is -0.676.